The molecule has 1 aliphatic rings. The highest BCUT2D eigenvalue weighted by Gasteiger charge is 2.15. The Hall–Kier alpha value is -3.25. The average molecular weight is 402 g/mol. The summed E-state index contributed by atoms with van der Waals surface area (Å²) < 4.78 is 0. The molecule has 0 unspecified atom stereocenters. The predicted octanol–water partition coefficient (Wildman–Crippen LogP) is 3.76. The highest BCUT2D eigenvalue weighted by atomic mass is 16.1. The molecule has 1 saturated heterocycles. The summed E-state index contributed by atoms with van der Waals surface area (Å²) >= 11 is 0. The van der Waals surface area contributed by atoms with E-state index in [4.69, 9.17) is 0 Å². The summed E-state index contributed by atoms with van der Waals surface area (Å²) in [5.41, 5.74) is 5.49. The topological polar surface area (TPSA) is 61.4 Å². The molecular weight excluding hydrogens is 374 g/mol. The van der Waals surface area contributed by atoms with Gasteiger partial charge in [-0.05, 0) is 68.4 Å². The molecule has 0 radical (unpaired) electrons. The molecule has 30 heavy (non-hydrogen) atoms. The third kappa shape index (κ3) is 4.49. The quantitative estimate of drug-likeness (QED) is 0.721. The third-order valence-electron chi connectivity index (χ3n) is 5.69. The monoisotopic (exact) mass is 401 g/mol. The maximum Gasteiger partial charge on any atom is 0.255 e. The van der Waals surface area contributed by atoms with Crippen molar-refractivity contribution >= 4 is 17.4 Å². The molecule has 4 rings (SSSR count). The minimum absolute atomic E-state index is 0.109. The number of nitrogens with zero attached hydrogens (tertiary/aromatic N) is 4. The number of anilines is 2. The van der Waals surface area contributed by atoms with Gasteiger partial charge in [0.05, 0.1) is 5.69 Å². The number of nitrogens with one attached hydrogen (secondary N) is 1. The van der Waals surface area contributed by atoms with Crippen molar-refractivity contribution in [2.75, 3.05) is 43.4 Å². The Bertz CT molecular complexity index is 1020. The van der Waals surface area contributed by atoms with Gasteiger partial charge < -0.3 is 15.1 Å². The van der Waals surface area contributed by atoms with Gasteiger partial charge in [0.15, 0.2) is 5.82 Å². The molecule has 0 atom stereocenters. The number of amides is 1. The van der Waals surface area contributed by atoms with Crippen LogP contribution in [-0.2, 0) is 0 Å². The van der Waals surface area contributed by atoms with E-state index in [2.05, 4.69) is 32.4 Å². The first-order valence-electron chi connectivity index (χ1n) is 10.3. The number of piperazine rings is 1. The van der Waals surface area contributed by atoms with Crippen LogP contribution in [0.4, 0.5) is 11.5 Å². The molecule has 6 heteroatoms. The van der Waals surface area contributed by atoms with Crippen LogP contribution in [-0.4, -0.2) is 54.2 Å². The maximum atomic E-state index is 12.5. The van der Waals surface area contributed by atoms with Crippen molar-refractivity contribution in [1.29, 1.82) is 0 Å². The van der Waals surface area contributed by atoms with E-state index in [1.165, 1.54) is 5.56 Å². The standard InChI is InChI=1S/C24H27N5O/c1-17-4-5-20(16-18(17)2)24(30)25-21-8-6-19(7-9-21)22-10-11-23(27-26-22)29-14-12-28(3)13-15-29/h4-11,16H,12-15H2,1-3H3,(H,25,30). The van der Waals surface area contributed by atoms with Crippen LogP contribution >= 0.6 is 0 Å². The summed E-state index contributed by atoms with van der Waals surface area (Å²) in [7, 11) is 2.14. The smallest absolute Gasteiger partial charge is 0.255 e. The van der Waals surface area contributed by atoms with Crippen LogP contribution in [0.1, 0.15) is 21.5 Å². The fraction of sp³-hybridized carbons (Fsp3) is 0.292. The summed E-state index contributed by atoms with van der Waals surface area (Å²) in [6.45, 7) is 8.07. The van der Waals surface area contributed by atoms with E-state index in [1.54, 1.807) is 0 Å². The highest BCUT2D eigenvalue weighted by molar-refractivity contribution is 6.04. The van der Waals surface area contributed by atoms with Gasteiger partial charge in [0.2, 0.25) is 0 Å². The van der Waals surface area contributed by atoms with Crippen LogP contribution in [0.15, 0.2) is 54.6 Å². The van der Waals surface area contributed by atoms with Crippen molar-refractivity contribution in [3.63, 3.8) is 0 Å². The molecule has 1 amide bonds. The summed E-state index contributed by atoms with van der Waals surface area (Å²) in [6.07, 6.45) is 0. The summed E-state index contributed by atoms with van der Waals surface area (Å²) in [5, 5.41) is 11.8. The molecule has 1 aromatic heterocycles. The van der Waals surface area contributed by atoms with E-state index in [0.717, 1.165) is 54.5 Å². The van der Waals surface area contributed by atoms with Gasteiger partial charge in [-0.2, -0.15) is 0 Å². The van der Waals surface area contributed by atoms with Crippen molar-refractivity contribution < 1.29 is 4.79 Å². The lowest BCUT2D eigenvalue weighted by molar-refractivity contribution is 0.102. The number of carbonyl (C=O) groups excluding carboxylic acids is 1. The highest BCUT2D eigenvalue weighted by Crippen LogP contribution is 2.22. The van der Waals surface area contributed by atoms with E-state index in [9.17, 15) is 4.79 Å². The van der Waals surface area contributed by atoms with E-state index in [1.807, 2.05) is 68.4 Å². The zero-order valence-corrected chi connectivity index (χ0v) is 17.7. The molecule has 1 N–H and O–H groups in total. The Morgan fingerprint density at radius 2 is 1.60 bits per heavy atom. The first kappa shape index (κ1) is 20.0. The lowest BCUT2D eigenvalue weighted by atomic mass is 10.1. The second kappa shape index (κ2) is 8.63. The fourth-order valence-corrected chi connectivity index (χ4v) is 3.49. The minimum Gasteiger partial charge on any atom is -0.353 e. The van der Waals surface area contributed by atoms with Crippen LogP contribution < -0.4 is 10.2 Å². The Kier molecular flexibility index (Phi) is 5.77. The lowest BCUT2D eigenvalue weighted by Gasteiger charge is -2.32. The Morgan fingerprint density at radius 1 is 0.867 bits per heavy atom. The number of carbonyl (C=O) groups is 1. The van der Waals surface area contributed by atoms with E-state index in [-0.39, 0.29) is 5.91 Å². The summed E-state index contributed by atoms with van der Waals surface area (Å²) in [4.78, 5) is 17.1. The van der Waals surface area contributed by atoms with Crippen LogP contribution in [0.5, 0.6) is 0 Å². The first-order valence-corrected chi connectivity index (χ1v) is 10.3. The number of aromatic nitrogens is 2. The molecule has 2 aromatic carbocycles. The molecule has 1 fully saturated rings. The molecule has 6 nitrogen and oxygen atoms in total. The van der Waals surface area contributed by atoms with Crippen molar-refractivity contribution in [2.45, 2.75) is 13.8 Å². The van der Waals surface area contributed by atoms with Crippen molar-refractivity contribution in [3.05, 3.63) is 71.3 Å². The zero-order chi connectivity index (χ0) is 21.1. The molecular formula is C24H27N5O. The lowest BCUT2D eigenvalue weighted by Crippen LogP contribution is -2.44. The van der Waals surface area contributed by atoms with Gasteiger partial charge in [0, 0.05) is 43.0 Å². The second-order valence-corrected chi connectivity index (χ2v) is 7.90. The van der Waals surface area contributed by atoms with E-state index in [0.29, 0.717) is 5.56 Å². The van der Waals surface area contributed by atoms with Gasteiger partial charge in [0.25, 0.3) is 5.91 Å². The second-order valence-electron chi connectivity index (χ2n) is 7.90. The van der Waals surface area contributed by atoms with Crippen LogP contribution in [0, 0.1) is 13.8 Å². The largest absolute Gasteiger partial charge is 0.353 e. The van der Waals surface area contributed by atoms with Gasteiger partial charge in [-0.1, -0.05) is 18.2 Å². The maximum absolute atomic E-state index is 12.5. The molecule has 0 spiro atoms. The molecule has 0 saturated carbocycles. The van der Waals surface area contributed by atoms with Crippen molar-refractivity contribution in [2.24, 2.45) is 0 Å². The number of benzene rings is 2. The third-order valence-corrected chi connectivity index (χ3v) is 5.69. The van der Waals surface area contributed by atoms with Gasteiger partial charge in [0.1, 0.15) is 0 Å². The normalized spacial score (nSPS) is 14.6. The zero-order valence-electron chi connectivity index (χ0n) is 17.7. The Balaban J connectivity index is 1.41. The molecule has 0 aliphatic carbocycles. The Labute approximate surface area is 177 Å². The predicted molar refractivity (Wildman–Crippen MR) is 121 cm³/mol. The molecule has 154 valence electrons. The number of aryl methyl sites for hydroxylation is 2. The van der Waals surface area contributed by atoms with Gasteiger partial charge in [-0.25, -0.2) is 0 Å². The molecule has 1 aliphatic heterocycles. The molecule has 0 bridgehead atoms. The van der Waals surface area contributed by atoms with Gasteiger partial charge >= 0.3 is 0 Å². The summed E-state index contributed by atoms with van der Waals surface area (Å²) in [6, 6.07) is 17.5. The fourth-order valence-electron chi connectivity index (χ4n) is 3.49. The van der Waals surface area contributed by atoms with Crippen molar-refractivity contribution in [3.8, 4) is 11.3 Å². The van der Waals surface area contributed by atoms with Gasteiger partial charge in [-0.15, -0.1) is 10.2 Å². The molecule has 3 aromatic rings. The number of hydrogen-bond acceptors (Lipinski definition) is 5. The Morgan fingerprint density at radius 3 is 2.23 bits per heavy atom. The van der Waals surface area contributed by atoms with Crippen molar-refractivity contribution in [1.82, 2.24) is 15.1 Å². The van der Waals surface area contributed by atoms with Crippen LogP contribution in [0.25, 0.3) is 11.3 Å². The number of rotatable bonds is 4. The van der Waals surface area contributed by atoms with Crippen LogP contribution in [0.2, 0.25) is 0 Å². The van der Waals surface area contributed by atoms with E-state index < -0.39 is 0 Å². The minimum atomic E-state index is -0.109. The molecule has 2 heterocycles. The number of likely N-dealkylation sites (N-methyl/N-ethyl adjacent to an activating group) is 1. The number of hydrogen-bond donors (Lipinski definition) is 1. The first-order chi connectivity index (χ1) is 14.5. The van der Waals surface area contributed by atoms with E-state index >= 15 is 0 Å². The SMILES string of the molecule is Cc1ccc(C(=O)Nc2ccc(-c3ccc(N4CCN(C)CC4)nn3)cc2)cc1C. The average Bonchev–Trinajstić information content (AvgIpc) is 2.77. The van der Waals surface area contributed by atoms with Gasteiger partial charge in [-0.3, -0.25) is 4.79 Å². The van der Waals surface area contributed by atoms with Crippen LogP contribution in [0.3, 0.4) is 0 Å². The summed E-state index contributed by atoms with van der Waals surface area (Å²) in [5.74, 6) is 0.811.